The van der Waals surface area contributed by atoms with E-state index in [2.05, 4.69) is 10.6 Å². The van der Waals surface area contributed by atoms with Crippen LogP contribution >= 0.6 is 0 Å². The van der Waals surface area contributed by atoms with Crippen molar-refractivity contribution >= 4 is 12.0 Å². The van der Waals surface area contributed by atoms with Crippen LogP contribution in [-0.4, -0.2) is 42.9 Å². The molecule has 6 nitrogen and oxygen atoms in total. The van der Waals surface area contributed by atoms with E-state index >= 15 is 0 Å². The van der Waals surface area contributed by atoms with Crippen LogP contribution < -0.4 is 10.6 Å². The Morgan fingerprint density at radius 3 is 2.62 bits per heavy atom. The highest BCUT2D eigenvalue weighted by Crippen LogP contribution is 2.29. The zero-order valence-corrected chi connectivity index (χ0v) is 12.6. The number of hydrogen-bond donors (Lipinski definition) is 3. The fourth-order valence-corrected chi connectivity index (χ4v) is 3.59. The molecule has 2 rings (SSSR count). The first kappa shape index (κ1) is 16.1. The number of methoxy groups -OCH3 is 1. The van der Waals surface area contributed by atoms with Gasteiger partial charge >= 0.3 is 12.0 Å². The summed E-state index contributed by atoms with van der Waals surface area (Å²) >= 11 is 0. The van der Waals surface area contributed by atoms with E-state index < -0.39 is 5.97 Å². The van der Waals surface area contributed by atoms with Crippen molar-refractivity contribution < 1.29 is 19.4 Å². The number of carboxylic acid groups (broad SMARTS) is 1. The molecule has 2 aliphatic rings. The van der Waals surface area contributed by atoms with Crippen LogP contribution in [-0.2, 0) is 9.53 Å². The molecule has 120 valence electrons. The molecule has 2 saturated carbocycles. The molecule has 0 heterocycles. The second-order valence-electron chi connectivity index (χ2n) is 6.16. The number of amides is 2. The van der Waals surface area contributed by atoms with E-state index in [-0.39, 0.29) is 30.0 Å². The van der Waals surface area contributed by atoms with Gasteiger partial charge in [0.25, 0.3) is 0 Å². The lowest BCUT2D eigenvalue weighted by molar-refractivity contribution is -0.144. The number of aliphatic carboxylic acids is 1. The Kier molecular flexibility index (Phi) is 5.85. The standard InChI is InChI=1S/C15H26N2O4/c1-21-13-8-4-7-12(13)17-15(20)16-9-10-5-2-3-6-11(10)14(18)19/h10-13H,2-9H2,1H3,(H,18,19)(H2,16,17,20). The molecule has 0 aliphatic heterocycles. The molecule has 0 radical (unpaired) electrons. The fraction of sp³-hybridized carbons (Fsp3) is 0.867. The molecule has 0 aromatic rings. The average molecular weight is 298 g/mol. The first-order valence-electron chi connectivity index (χ1n) is 7.91. The lowest BCUT2D eigenvalue weighted by Crippen LogP contribution is -2.48. The van der Waals surface area contributed by atoms with Crippen LogP contribution in [0.5, 0.6) is 0 Å². The van der Waals surface area contributed by atoms with Gasteiger partial charge in [0.1, 0.15) is 0 Å². The molecule has 21 heavy (non-hydrogen) atoms. The molecular formula is C15H26N2O4. The van der Waals surface area contributed by atoms with E-state index in [0.717, 1.165) is 44.9 Å². The highest BCUT2D eigenvalue weighted by atomic mass is 16.5. The number of urea groups is 1. The van der Waals surface area contributed by atoms with Gasteiger partial charge in [0.2, 0.25) is 0 Å². The van der Waals surface area contributed by atoms with Crippen LogP contribution in [0.4, 0.5) is 4.79 Å². The summed E-state index contributed by atoms with van der Waals surface area (Å²) in [5, 5.41) is 15.0. The molecule has 0 saturated heterocycles. The van der Waals surface area contributed by atoms with Gasteiger partial charge in [-0.15, -0.1) is 0 Å². The molecule has 0 bridgehead atoms. The number of ether oxygens (including phenoxy) is 1. The minimum absolute atomic E-state index is 0.0452. The summed E-state index contributed by atoms with van der Waals surface area (Å²) in [7, 11) is 1.67. The normalized spacial score (nSPS) is 32.6. The molecule has 4 unspecified atom stereocenters. The maximum absolute atomic E-state index is 12.0. The van der Waals surface area contributed by atoms with Crippen LogP contribution in [0.25, 0.3) is 0 Å². The summed E-state index contributed by atoms with van der Waals surface area (Å²) < 4.78 is 5.35. The van der Waals surface area contributed by atoms with E-state index in [1.165, 1.54) is 0 Å². The van der Waals surface area contributed by atoms with Crippen molar-refractivity contribution in [3.05, 3.63) is 0 Å². The SMILES string of the molecule is COC1CCCC1NC(=O)NCC1CCCCC1C(=O)O. The van der Waals surface area contributed by atoms with Gasteiger partial charge in [-0.25, -0.2) is 4.79 Å². The number of carboxylic acids is 1. The van der Waals surface area contributed by atoms with Gasteiger partial charge in [-0.05, 0) is 38.0 Å². The average Bonchev–Trinajstić information content (AvgIpc) is 2.92. The topological polar surface area (TPSA) is 87.7 Å². The Morgan fingerprint density at radius 2 is 1.90 bits per heavy atom. The smallest absolute Gasteiger partial charge is 0.315 e. The van der Waals surface area contributed by atoms with Gasteiger partial charge in [0.15, 0.2) is 0 Å². The molecule has 6 heteroatoms. The molecule has 4 atom stereocenters. The molecular weight excluding hydrogens is 272 g/mol. The Hall–Kier alpha value is -1.30. The van der Waals surface area contributed by atoms with Crippen molar-refractivity contribution in [2.45, 2.75) is 57.1 Å². The first-order chi connectivity index (χ1) is 10.1. The number of carbonyl (C=O) groups is 2. The van der Waals surface area contributed by atoms with Crippen molar-refractivity contribution in [3.63, 3.8) is 0 Å². The minimum Gasteiger partial charge on any atom is -0.481 e. The molecule has 2 amide bonds. The van der Waals surface area contributed by atoms with Crippen molar-refractivity contribution in [2.24, 2.45) is 11.8 Å². The number of hydrogen-bond acceptors (Lipinski definition) is 3. The molecule has 0 spiro atoms. The summed E-state index contributed by atoms with van der Waals surface area (Å²) in [4.78, 5) is 23.2. The fourth-order valence-electron chi connectivity index (χ4n) is 3.59. The van der Waals surface area contributed by atoms with Gasteiger partial charge in [0.05, 0.1) is 18.1 Å². The Balaban J connectivity index is 1.76. The Labute approximate surface area is 125 Å². The summed E-state index contributed by atoms with van der Waals surface area (Å²) in [6, 6.07) is -0.143. The van der Waals surface area contributed by atoms with Gasteiger partial charge in [-0.1, -0.05) is 12.8 Å². The van der Waals surface area contributed by atoms with Crippen LogP contribution in [0.3, 0.4) is 0 Å². The molecule has 2 aliphatic carbocycles. The maximum atomic E-state index is 12.0. The third-order valence-corrected chi connectivity index (χ3v) is 4.82. The second kappa shape index (κ2) is 7.64. The number of rotatable bonds is 5. The van der Waals surface area contributed by atoms with Gasteiger partial charge in [-0.2, -0.15) is 0 Å². The zero-order valence-electron chi connectivity index (χ0n) is 12.6. The van der Waals surface area contributed by atoms with Gasteiger partial charge < -0.3 is 20.5 Å². The predicted octanol–water partition coefficient (Wildman–Crippen LogP) is 1.74. The predicted molar refractivity (Wildman–Crippen MR) is 78.1 cm³/mol. The van der Waals surface area contributed by atoms with Crippen molar-refractivity contribution in [1.82, 2.24) is 10.6 Å². The number of carbonyl (C=O) groups excluding carboxylic acids is 1. The quantitative estimate of drug-likeness (QED) is 0.721. The highest BCUT2D eigenvalue weighted by molar-refractivity contribution is 5.74. The molecule has 0 aromatic heterocycles. The van der Waals surface area contributed by atoms with Crippen LogP contribution in [0.15, 0.2) is 0 Å². The van der Waals surface area contributed by atoms with E-state index in [9.17, 15) is 14.7 Å². The van der Waals surface area contributed by atoms with Crippen molar-refractivity contribution in [3.8, 4) is 0 Å². The Bertz CT molecular complexity index is 375. The van der Waals surface area contributed by atoms with E-state index in [4.69, 9.17) is 4.74 Å². The van der Waals surface area contributed by atoms with Crippen LogP contribution in [0.1, 0.15) is 44.9 Å². The lowest BCUT2D eigenvalue weighted by Gasteiger charge is -2.29. The summed E-state index contributed by atoms with van der Waals surface area (Å²) in [6.45, 7) is 0.438. The monoisotopic (exact) mass is 298 g/mol. The molecule has 3 N–H and O–H groups in total. The van der Waals surface area contributed by atoms with E-state index in [1.54, 1.807) is 7.11 Å². The zero-order chi connectivity index (χ0) is 15.2. The summed E-state index contributed by atoms with van der Waals surface area (Å²) in [6.07, 6.45) is 6.69. The minimum atomic E-state index is -0.739. The maximum Gasteiger partial charge on any atom is 0.315 e. The molecule has 0 aromatic carbocycles. The summed E-state index contributed by atoms with van der Waals surface area (Å²) in [5.41, 5.74) is 0. The van der Waals surface area contributed by atoms with Gasteiger partial charge in [0, 0.05) is 13.7 Å². The van der Waals surface area contributed by atoms with Crippen LogP contribution in [0.2, 0.25) is 0 Å². The first-order valence-corrected chi connectivity index (χ1v) is 7.91. The lowest BCUT2D eigenvalue weighted by atomic mass is 9.79. The molecule has 2 fully saturated rings. The van der Waals surface area contributed by atoms with Crippen molar-refractivity contribution in [1.29, 1.82) is 0 Å². The summed E-state index contributed by atoms with van der Waals surface area (Å²) in [5.74, 6) is -1.02. The number of nitrogens with one attached hydrogen (secondary N) is 2. The third kappa shape index (κ3) is 4.33. The van der Waals surface area contributed by atoms with Crippen LogP contribution in [0, 0.1) is 11.8 Å². The highest BCUT2D eigenvalue weighted by Gasteiger charge is 2.32. The van der Waals surface area contributed by atoms with E-state index in [1.807, 2.05) is 0 Å². The second-order valence-corrected chi connectivity index (χ2v) is 6.16. The third-order valence-electron chi connectivity index (χ3n) is 4.82. The van der Waals surface area contributed by atoms with Gasteiger partial charge in [-0.3, -0.25) is 4.79 Å². The van der Waals surface area contributed by atoms with E-state index in [0.29, 0.717) is 6.54 Å². The largest absolute Gasteiger partial charge is 0.481 e. The van der Waals surface area contributed by atoms with Crippen molar-refractivity contribution in [2.75, 3.05) is 13.7 Å². The Morgan fingerprint density at radius 1 is 1.14 bits per heavy atom.